The number of aromatic nitrogens is 1. The van der Waals surface area contributed by atoms with E-state index in [1.165, 1.54) is 11.3 Å². The third-order valence-corrected chi connectivity index (χ3v) is 2.71. The topological polar surface area (TPSA) is 84.9 Å². The number of hydrogen-bond donors (Lipinski definition) is 1. The molecule has 6 heteroatoms. The molecule has 0 aliphatic carbocycles. The summed E-state index contributed by atoms with van der Waals surface area (Å²) in [5.74, 6) is 0. The number of thiazole rings is 1. The van der Waals surface area contributed by atoms with Gasteiger partial charge in [0, 0.05) is 0 Å². The van der Waals surface area contributed by atoms with Crippen molar-refractivity contribution in [1.82, 2.24) is 4.98 Å². The molecule has 1 N–H and O–H groups in total. The first-order valence-electron chi connectivity index (χ1n) is 4.33. The second-order valence-corrected chi connectivity index (χ2v) is 3.81. The zero-order chi connectivity index (χ0) is 11.4. The fourth-order valence-electron chi connectivity index (χ4n) is 1.10. The van der Waals surface area contributed by atoms with Crippen molar-refractivity contribution in [2.45, 2.75) is 0 Å². The van der Waals surface area contributed by atoms with Gasteiger partial charge in [-0.3, -0.25) is 5.43 Å². The van der Waals surface area contributed by atoms with E-state index in [0.717, 1.165) is 10.2 Å². The highest BCUT2D eigenvalue weighted by molar-refractivity contribution is 7.22. The fraction of sp³-hybridized carbons (Fsp3) is 0. The molecular weight excluding hydrogens is 222 g/mol. The van der Waals surface area contributed by atoms with E-state index in [4.69, 9.17) is 10.5 Å². The second kappa shape index (κ2) is 4.39. The van der Waals surface area contributed by atoms with Gasteiger partial charge in [0.1, 0.15) is 12.1 Å². The van der Waals surface area contributed by atoms with Crippen molar-refractivity contribution in [3.63, 3.8) is 0 Å². The first-order valence-corrected chi connectivity index (χ1v) is 5.14. The molecule has 0 amide bonds. The molecule has 16 heavy (non-hydrogen) atoms. The fourth-order valence-corrected chi connectivity index (χ4v) is 1.91. The SMILES string of the molecule is N#CC(C#N)=NNc1nc2ccccc2s1. The molecule has 0 bridgehead atoms. The third-order valence-electron chi connectivity index (χ3n) is 1.77. The molecule has 2 aromatic rings. The Labute approximate surface area is 95.3 Å². The Balaban J connectivity index is 2.27. The summed E-state index contributed by atoms with van der Waals surface area (Å²) < 4.78 is 1.02. The molecule has 1 aromatic carbocycles. The van der Waals surface area contributed by atoms with Crippen LogP contribution in [0.25, 0.3) is 10.2 Å². The van der Waals surface area contributed by atoms with Gasteiger partial charge >= 0.3 is 0 Å². The lowest BCUT2D eigenvalue weighted by molar-refractivity contribution is 1.30. The Morgan fingerprint density at radius 3 is 2.75 bits per heavy atom. The lowest BCUT2D eigenvalue weighted by atomic mass is 10.3. The van der Waals surface area contributed by atoms with Crippen LogP contribution in [0.4, 0.5) is 5.13 Å². The number of hydrogen-bond acceptors (Lipinski definition) is 6. The van der Waals surface area contributed by atoms with Gasteiger partial charge in [0.05, 0.1) is 10.2 Å². The maximum atomic E-state index is 8.48. The van der Waals surface area contributed by atoms with E-state index in [2.05, 4.69) is 15.5 Å². The predicted octanol–water partition coefficient (Wildman–Crippen LogP) is 2.11. The minimum Gasteiger partial charge on any atom is -0.251 e. The van der Waals surface area contributed by atoms with Gasteiger partial charge in [-0.15, -0.1) is 0 Å². The van der Waals surface area contributed by atoms with Crippen LogP contribution < -0.4 is 5.43 Å². The average molecular weight is 227 g/mol. The maximum Gasteiger partial charge on any atom is 0.237 e. The number of nitrogens with one attached hydrogen (secondary N) is 1. The molecule has 0 saturated carbocycles. The minimum atomic E-state index is -0.223. The molecule has 2 rings (SSSR count). The number of rotatable bonds is 2. The van der Waals surface area contributed by atoms with E-state index >= 15 is 0 Å². The quantitative estimate of drug-likeness (QED) is 0.629. The maximum absolute atomic E-state index is 8.48. The summed E-state index contributed by atoms with van der Waals surface area (Å²) in [6.45, 7) is 0. The highest BCUT2D eigenvalue weighted by Gasteiger charge is 2.01. The zero-order valence-electron chi connectivity index (χ0n) is 8.01. The van der Waals surface area contributed by atoms with Crippen LogP contribution in [0.2, 0.25) is 0 Å². The molecule has 0 radical (unpaired) electrons. The predicted molar refractivity (Wildman–Crippen MR) is 61.9 cm³/mol. The molecule has 76 valence electrons. The summed E-state index contributed by atoms with van der Waals surface area (Å²) in [6.07, 6.45) is 0. The minimum absolute atomic E-state index is 0.223. The van der Waals surface area contributed by atoms with Gasteiger partial charge in [0.15, 0.2) is 0 Å². The first-order chi connectivity index (χ1) is 7.83. The summed E-state index contributed by atoms with van der Waals surface area (Å²) >= 11 is 1.41. The van der Waals surface area contributed by atoms with Gasteiger partial charge in [0.2, 0.25) is 10.8 Å². The Hall–Kier alpha value is -2.44. The number of fused-ring (bicyclic) bond motifs is 1. The van der Waals surface area contributed by atoms with Gasteiger partial charge in [-0.1, -0.05) is 23.5 Å². The van der Waals surface area contributed by atoms with Gasteiger partial charge in [-0.05, 0) is 12.1 Å². The van der Waals surface area contributed by atoms with Crippen LogP contribution >= 0.6 is 11.3 Å². The molecule has 0 saturated heterocycles. The number of nitriles is 2. The second-order valence-electron chi connectivity index (χ2n) is 2.78. The van der Waals surface area contributed by atoms with Gasteiger partial charge in [-0.25, -0.2) is 4.98 Å². The molecule has 0 atom stereocenters. The van der Waals surface area contributed by atoms with Crippen LogP contribution in [0, 0.1) is 22.7 Å². The van der Waals surface area contributed by atoms with E-state index in [0.29, 0.717) is 5.13 Å². The van der Waals surface area contributed by atoms with Crippen LogP contribution in [-0.2, 0) is 0 Å². The lowest BCUT2D eigenvalue weighted by Crippen LogP contribution is -1.95. The van der Waals surface area contributed by atoms with Crippen molar-refractivity contribution >= 4 is 32.4 Å². The first kappa shape index (κ1) is 10.1. The smallest absolute Gasteiger partial charge is 0.237 e. The van der Waals surface area contributed by atoms with E-state index in [-0.39, 0.29) is 5.71 Å². The molecule has 1 aromatic heterocycles. The Kier molecular flexibility index (Phi) is 2.77. The van der Waals surface area contributed by atoms with E-state index in [1.807, 2.05) is 24.3 Å². The largest absolute Gasteiger partial charge is 0.251 e. The number of hydrazone groups is 1. The number of anilines is 1. The standard InChI is InChI=1S/C10H5N5S/c11-5-7(6-12)14-15-10-13-8-3-1-2-4-9(8)16-10/h1-4H,(H,13,15). The summed E-state index contributed by atoms with van der Waals surface area (Å²) in [7, 11) is 0. The molecule has 5 nitrogen and oxygen atoms in total. The molecule has 0 unspecified atom stereocenters. The van der Waals surface area contributed by atoms with Crippen molar-refractivity contribution < 1.29 is 0 Å². The summed E-state index contributed by atoms with van der Waals surface area (Å²) in [5.41, 5.74) is 3.23. The van der Waals surface area contributed by atoms with Crippen LogP contribution in [0.1, 0.15) is 0 Å². The number of nitrogens with zero attached hydrogens (tertiary/aromatic N) is 4. The Bertz CT molecular complexity index is 579. The van der Waals surface area contributed by atoms with Crippen molar-refractivity contribution in [2.75, 3.05) is 5.43 Å². The Morgan fingerprint density at radius 2 is 2.06 bits per heavy atom. The van der Waals surface area contributed by atoms with Gasteiger partial charge < -0.3 is 0 Å². The van der Waals surface area contributed by atoms with Crippen molar-refractivity contribution in [3.8, 4) is 12.1 Å². The van der Waals surface area contributed by atoms with Gasteiger partial charge in [-0.2, -0.15) is 15.6 Å². The monoisotopic (exact) mass is 227 g/mol. The van der Waals surface area contributed by atoms with Crippen molar-refractivity contribution in [2.24, 2.45) is 5.10 Å². The Morgan fingerprint density at radius 1 is 1.31 bits per heavy atom. The highest BCUT2D eigenvalue weighted by atomic mass is 32.1. The summed E-state index contributed by atoms with van der Waals surface area (Å²) in [4.78, 5) is 4.23. The van der Waals surface area contributed by atoms with Crippen LogP contribution in [0.3, 0.4) is 0 Å². The van der Waals surface area contributed by atoms with E-state index in [9.17, 15) is 0 Å². The lowest BCUT2D eigenvalue weighted by Gasteiger charge is -1.89. The summed E-state index contributed by atoms with van der Waals surface area (Å²) in [6, 6.07) is 11.0. The normalized spacial score (nSPS) is 9.12. The van der Waals surface area contributed by atoms with E-state index in [1.54, 1.807) is 12.1 Å². The van der Waals surface area contributed by atoms with Crippen LogP contribution in [0.5, 0.6) is 0 Å². The van der Waals surface area contributed by atoms with Gasteiger partial charge in [0.25, 0.3) is 0 Å². The van der Waals surface area contributed by atoms with E-state index < -0.39 is 0 Å². The molecular formula is C10H5N5S. The van der Waals surface area contributed by atoms with Crippen LogP contribution in [-0.4, -0.2) is 10.7 Å². The molecule has 0 aliphatic rings. The average Bonchev–Trinajstić information content (AvgIpc) is 2.73. The number of benzene rings is 1. The zero-order valence-corrected chi connectivity index (χ0v) is 8.82. The number of para-hydroxylation sites is 1. The van der Waals surface area contributed by atoms with Crippen LogP contribution in [0.15, 0.2) is 29.4 Å². The third kappa shape index (κ3) is 1.97. The molecule has 0 spiro atoms. The highest BCUT2D eigenvalue weighted by Crippen LogP contribution is 2.25. The van der Waals surface area contributed by atoms with Crippen molar-refractivity contribution in [1.29, 1.82) is 10.5 Å². The molecule has 0 aliphatic heterocycles. The molecule has 1 heterocycles. The molecule has 0 fully saturated rings. The summed E-state index contributed by atoms with van der Waals surface area (Å²) in [5, 5.41) is 21.1. The van der Waals surface area contributed by atoms with Crippen molar-refractivity contribution in [3.05, 3.63) is 24.3 Å².